The molecule has 0 saturated carbocycles. The minimum absolute atomic E-state index is 0.0109. The van der Waals surface area contributed by atoms with Gasteiger partial charge in [-0.1, -0.05) is 41.4 Å². The first-order valence-corrected chi connectivity index (χ1v) is 12.5. The minimum Gasteiger partial charge on any atom is -0.326 e. The van der Waals surface area contributed by atoms with E-state index in [1.807, 2.05) is 0 Å². The first kappa shape index (κ1) is 24.5. The molecule has 35 heavy (non-hydrogen) atoms. The number of nitrogens with zero attached hydrogens (tertiary/aromatic N) is 1. The number of nitrogens with one attached hydrogen (secondary N) is 3. The maximum Gasteiger partial charge on any atom is 0.328 e. The van der Waals surface area contributed by atoms with E-state index >= 15 is 0 Å². The van der Waals surface area contributed by atoms with Gasteiger partial charge in [-0.3, -0.25) is 23.9 Å². The Labute approximate surface area is 209 Å². The molecule has 0 spiro atoms. The fourth-order valence-corrected chi connectivity index (χ4v) is 5.67. The lowest BCUT2D eigenvalue weighted by molar-refractivity contribution is -0.116. The van der Waals surface area contributed by atoms with E-state index in [1.165, 1.54) is 47.0 Å². The summed E-state index contributed by atoms with van der Waals surface area (Å²) < 4.78 is 29.1. The molecule has 1 amide bonds. The van der Waals surface area contributed by atoms with E-state index in [4.69, 9.17) is 23.2 Å². The molecule has 1 heterocycles. The Morgan fingerprint density at radius 1 is 0.886 bits per heavy atom. The molecule has 4 aromatic rings. The normalized spacial score (nSPS) is 11.4. The van der Waals surface area contributed by atoms with Gasteiger partial charge in [0.2, 0.25) is 5.91 Å². The number of hydrogen-bond acceptors (Lipinski definition) is 5. The van der Waals surface area contributed by atoms with E-state index in [2.05, 4.69) is 15.0 Å². The molecule has 9 nitrogen and oxygen atoms in total. The summed E-state index contributed by atoms with van der Waals surface area (Å²) in [4.78, 5) is 38.6. The van der Waals surface area contributed by atoms with Crippen molar-refractivity contribution < 1.29 is 13.2 Å². The number of hydrogen-bond donors (Lipinski definition) is 3. The Bertz CT molecular complexity index is 1630. The number of sulfonamides is 1. The number of aromatic nitrogens is 2. The fourth-order valence-electron chi connectivity index (χ4n) is 3.47. The maximum atomic E-state index is 12.7. The number of fused-ring (bicyclic) bond motifs is 1. The molecular weight excluding hydrogens is 515 g/mol. The van der Waals surface area contributed by atoms with Gasteiger partial charge in [-0.15, -0.1) is 0 Å². The first-order chi connectivity index (χ1) is 16.7. The summed E-state index contributed by atoms with van der Waals surface area (Å²) in [5, 5.41) is 3.01. The zero-order valence-corrected chi connectivity index (χ0v) is 20.2. The topological polar surface area (TPSA) is 130 Å². The summed E-state index contributed by atoms with van der Waals surface area (Å²) in [6, 6.07) is 17.0. The lowest BCUT2D eigenvalue weighted by Gasteiger charge is -2.12. The third-order valence-corrected chi connectivity index (χ3v) is 7.41. The van der Waals surface area contributed by atoms with E-state index < -0.39 is 21.3 Å². The lowest BCUT2D eigenvalue weighted by atomic mass is 10.2. The van der Waals surface area contributed by atoms with E-state index in [0.29, 0.717) is 16.6 Å². The van der Waals surface area contributed by atoms with Gasteiger partial charge >= 0.3 is 5.69 Å². The summed E-state index contributed by atoms with van der Waals surface area (Å²) in [7, 11) is -4.03. The molecule has 0 saturated heterocycles. The van der Waals surface area contributed by atoms with Crippen LogP contribution in [0.5, 0.6) is 0 Å². The van der Waals surface area contributed by atoms with Crippen molar-refractivity contribution in [1.29, 1.82) is 0 Å². The van der Waals surface area contributed by atoms with Crippen LogP contribution in [0.2, 0.25) is 10.0 Å². The van der Waals surface area contributed by atoms with Crippen LogP contribution in [0, 0.1) is 0 Å². The molecule has 12 heteroatoms. The SMILES string of the molecule is O=C(CCn1c(=O)[nH]c(=O)c2ccccc21)Nc1ccc(NS(=O)(=O)c2c(Cl)cccc2Cl)cc1. The highest BCUT2D eigenvalue weighted by Gasteiger charge is 2.21. The Morgan fingerprint density at radius 2 is 1.51 bits per heavy atom. The molecule has 0 aliphatic heterocycles. The van der Waals surface area contributed by atoms with Crippen LogP contribution in [0.1, 0.15) is 6.42 Å². The van der Waals surface area contributed by atoms with Crippen LogP contribution in [-0.2, 0) is 21.4 Å². The van der Waals surface area contributed by atoms with Crippen molar-refractivity contribution >= 4 is 61.4 Å². The molecule has 0 fully saturated rings. The van der Waals surface area contributed by atoms with Gasteiger partial charge in [0.1, 0.15) is 4.90 Å². The zero-order chi connectivity index (χ0) is 25.2. The standard InChI is InChI=1S/C23H18Cl2N4O5S/c24-17-5-3-6-18(25)21(17)35(33,34)28-15-10-8-14(9-11-15)26-20(30)12-13-29-19-7-2-1-4-16(19)22(31)27-23(29)32/h1-11,28H,12-13H2,(H,26,30)(H,27,31,32). The maximum absolute atomic E-state index is 12.7. The lowest BCUT2D eigenvalue weighted by Crippen LogP contribution is -2.31. The van der Waals surface area contributed by atoms with Crippen molar-refractivity contribution in [1.82, 2.24) is 9.55 Å². The van der Waals surface area contributed by atoms with Crippen molar-refractivity contribution in [3.05, 3.63) is 97.6 Å². The zero-order valence-electron chi connectivity index (χ0n) is 17.9. The molecule has 0 aliphatic rings. The summed E-state index contributed by atoms with van der Waals surface area (Å²) >= 11 is 12.0. The molecular formula is C23H18Cl2N4O5S. The van der Waals surface area contributed by atoms with Gasteiger partial charge in [-0.25, -0.2) is 13.2 Å². The molecule has 0 bridgehead atoms. The largest absolute Gasteiger partial charge is 0.328 e. The number of amides is 1. The van der Waals surface area contributed by atoms with Crippen molar-refractivity contribution in [3.8, 4) is 0 Å². The van der Waals surface area contributed by atoms with Crippen LogP contribution in [0.15, 0.2) is 81.2 Å². The van der Waals surface area contributed by atoms with Crippen LogP contribution < -0.4 is 21.3 Å². The molecule has 0 radical (unpaired) electrons. The number of anilines is 2. The van der Waals surface area contributed by atoms with Crippen molar-refractivity contribution in [3.63, 3.8) is 0 Å². The molecule has 0 unspecified atom stereocenters. The Balaban J connectivity index is 1.43. The van der Waals surface area contributed by atoms with Crippen LogP contribution in [0.25, 0.3) is 10.9 Å². The highest BCUT2D eigenvalue weighted by molar-refractivity contribution is 7.93. The summed E-state index contributed by atoms with van der Waals surface area (Å²) in [5.41, 5.74) is 0.0116. The predicted octanol–water partition coefficient (Wildman–Crippen LogP) is 3.83. The number of halogens is 2. The van der Waals surface area contributed by atoms with E-state index in [0.717, 1.165) is 0 Å². The van der Waals surface area contributed by atoms with E-state index in [-0.39, 0.29) is 39.5 Å². The van der Waals surface area contributed by atoms with Gasteiger partial charge in [0.15, 0.2) is 0 Å². The molecule has 180 valence electrons. The second-order valence-electron chi connectivity index (χ2n) is 7.46. The van der Waals surface area contributed by atoms with Crippen LogP contribution in [-0.4, -0.2) is 23.9 Å². The third-order valence-electron chi connectivity index (χ3n) is 5.08. The van der Waals surface area contributed by atoms with Crippen LogP contribution in [0.3, 0.4) is 0 Å². The number of rotatable bonds is 7. The summed E-state index contributed by atoms with van der Waals surface area (Å²) in [5.74, 6) is -0.372. The second kappa shape index (κ2) is 9.95. The Morgan fingerprint density at radius 3 is 2.20 bits per heavy atom. The number of para-hydroxylation sites is 1. The Hall–Kier alpha value is -3.60. The monoisotopic (exact) mass is 532 g/mol. The van der Waals surface area contributed by atoms with Gasteiger partial charge in [-0.2, -0.15) is 0 Å². The number of H-pyrrole nitrogens is 1. The number of carbonyl (C=O) groups is 1. The van der Waals surface area contributed by atoms with Gasteiger partial charge in [0.05, 0.1) is 20.9 Å². The highest BCUT2D eigenvalue weighted by Crippen LogP contribution is 2.30. The van der Waals surface area contributed by atoms with Crippen molar-refractivity contribution in [2.24, 2.45) is 0 Å². The smallest absolute Gasteiger partial charge is 0.326 e. The van der Waals surface area contributed by atoms with Crippen molar-refractivity contribution in [2.45, 2.75) is 17.9 Å². The van der Waals surface area contributed by atoms with Gasteiger partial charge in [0, 0.05) is 24.3 Å². The quantitative estimate of drug-likeness (QED) is 0.333. The summed E-state index contributed by atoms with van der Waals surface area (Å²) in [6.07, 6.45) is -0.0324. The van der Waals surface area contributed by atoms with Crippen molar-refractivity contribution in [2.75, 3.05) is 10.0 Å². The van der Waals surface area contributed by atoms with Gasteiger partial charge < -0.3 is 5.32 Å². The molecule has 3 N–H and O–H groups in total. The number of benzene rings is 3. The molecule has 4 rings (SSSR count). The number of aromatic amines is 1. The third kappa shape index (κ3) is 5.40. The highest BCUT2D eigenvalue weighted by atomic mass is 35.5. The van der Waals surface area contributed by atoms with Gasteiger partial charge in [0.25, 0.3) is 15.6 Å². The van der Waals surface area contributed by atoms with Crippen LogP contribution >= 0.6 is 23.2 Å². The molecule has 1 aromatic heterocycles. The molecule has 0 aliphatic carbocycles. The fraction of sp³-hybridized carbons (Fsp3) is 0.0870. The second-order valence-corrected chi connectivity index (χ2v) is 9.89. The predicted molar refractivity (Wildman–Crippen MR) is 136 cm³/mol. The van der Waals surface area contributed by atoms with E-state index in [9.17, 15) is 22.8 Å². The van der Waals surface area contributed by atoms with E-state index in [1.54, 1.807) is 24.3 Å². The molecule has 0 atom stereocenters. The number of carbonyl (C=O) groups excluding carboxylic acids is 1. The number of aryl methyl sites for hydroxylation is 1. The first-order valence-electron chi connectivity index (χ1n) is 10.2. The Kier molecular flexibility index (Phi) is 6.97. The van der Waals surface area contributed by atoms with Gasteiger partial charge in [-0.05, 0) is 48.5 Å². The average molecular weight is 533 g/mol. The van der Waals surface area contributed by atoms with Crippen LogP contribution in [0.4, 0.5) is 11.4 Å². The average Bonchev–Trinajstić information content (AvgIpc) is 2.80. The summed E-state index contributed by atoms with van der Waals surface area (Å²) in [6.45, 7) is 0.0540. The molecule has 3 aromatic carbocycles. The minimum atomic E-state index is -4.03.